The summed E-state index contributed by atoms with van der Waals surface area (Å²) in [6, 6.07) is 8.16. The van der Waals surface area contributed by atoms with E-state index in [0.29, 0.717) is 11.2 Å². The molecule has 0 aromatic heterocycles. The molecule has 3 nitrogen and oxygen atoms in total. The Hall–Kier alpha value is -1.03. The maximum atomic E-state index is 11.9. The van der Waals surface area contributed by atoms with Crippen molar-refractivity contribution in [3.63, 3.8) is 0 Å². The molecule has 0 bridgehead atoms. The van der Waals surface area contributed by atoms with Crippen LogP contribution in [0.15, 0.2) is 24.3 Å². The number of benzene rings is 1. The number of hydrogen-bond donors (Lipinski definition) is 0. The third-order valence-corrected chi connectivity index (χ3v) is 3.59. The Kier molecular flexibility index (Phi) is 4.27. The molecule has 1 aromatic carbocycles. The fourth-order valence-corrected chi connectivity index (χ4v) is 2.69. The first-order valence-electron chi connectivity index (χ1n) is 6.33. The summed E-state index contributed by atoms with van der Waals surface area (Å²) in [6.07, 6.45) is 0. The van der Waals surface area contributed by atoms with Crippen LogP contribution in [0.25, 0.3) is 0 Å². The number of carbonyl (C=O) groups excluding carboxylic acids is 1. The summed E-state index contributed by atoms with van der Waals surface area (Å²) in [6.45, 7) is 7.16. The maximum Gasteiger partial charge on any atom is 0.237 e. The zero-order valence-electron chi connectivity index (χ0n) is 10.9. The quantitative estimate of drug-likeness (QED) is 0.802. The van der Waals surface area contributed by atoms with E-state index in [1.165, 1.54) is 5.69 Å². The molecular weight excluding hydrogens is 292 g/mol. The molecule has 18 heavy (non-hydrogen) atoms. The van der Waals surface area contributed by atoms with Gasteiger partial charge in [-0.15, -0.1) is 0 Å². The van der Waals surface area contributed by atoms with Gasteiger partial charge in [-0.25, -0.2) is 0 Å². The van der Waals surface area contributed by atoms with Crippen molar-refractivity contribution in [3.05, 3.63) is 24.3 Å². The van der Waals surface area contributed by atoms with Gasteiger partial charge >= 0.3 is 0 Å². The monoisotopic (exact) mass is 310 g/mol. The molecule has 1 aromatic rings. The summed E-state index contributed by atoms with van der Waals surface area (Å²) in [5, 5.41) is 0.380. The van der Waals surface area contributed by atoms with Crippen molar-refractivity contribution in [1.29, 1.82) is 0 Å². The van der Waals surface area contributed by atoms with Gasteiger partial charge < -0.3 is 9.80 Å². The first-order chi connectivity index (χ1) is 8.63. The number of alkyl halides is 1. The summed E-state index contributed by atoms with van der Waals surface area (Å²) >= 11 is 3.25. The summed E-state index contributed by atoms with van der Waals surface area (Å²) in [7, 11) is 0. The lowest BCUT2D eigenvalue weighted by Crippen LogP contribution is -2.45. The average Bonchev–Trinajstić information content (AvgIpc) is 2.38. The van der Waals surface area contributed by atoms with Crippen LogP contribution in [0.2, 0.25) is 0 Å². The Balaban J connectivity index is 2.31. The van der Waals surface area contributed by atoms with Crippen LogP contribution in [0.4, 0.5) is 11.4 Å². The molecule has 1 aliphatic rings. The van der Waals surface area contributed by atoms with Crippen LogP contribution in [0.5, 0.6) is 0 Å². The number of hydrogen-bond acceptors (Lipinski definition) is 2. The Morgan fingerprint density at radius 1 is 1.28 bits per heavy atom. The van der Waals surface area contributed by atoms with Gasteiger partial charge in [-0.05, 0) is 18.1 Å². The number of amides is 1. The smallest absolute Gasteiger partial charge is 0.237 e. The predicted octanol–water partition coefficient (Wildman–Crippen LogP) is 2.89. The van der Waals surface area contributed by atoms with Crippen LogP contribution in [0.1, 0.15) is 13.8 Å². The number of anilines is 2. The Bertz CT molecular complexity index is 434. The molecule has 2 rings (SSSR count). The first-order valence-corrected chi connectivity index (χ1v) is 7.46. The minimum Gasteiger partial charge on any atom is -0.368 e. The molecule has 1 amide bonds. The van der Waals surface area contributed by atoms with E-state index in [2.05, 4.69) is 40.7 Å². The van der Waals surface area contributed by atoms with E-state index < -0.39 is 0 Å². The minimum absolute atomic E-state index is 0.131. The molecule has 0 fully saturated rings. The third-order valence-electron chi connectivity index (χ3n) is 3.11. The number of para-hydroxylation sites is 2. The molecule has 0 saturated heterocycles. The number of carbonyl (C=O) groups is 1. The Morgan fingerprint density at radius 3 is 2.56 bits per heavy atom. The largest absolute Gasteiger partial charge is 0.368 e. The maximum absolute atomic E-state index is 11.9. The highest BCUT2D eigenvalue weighted by molar-refractivity contribution is 9.09. The second kappa shape index (κ2) is 5.74. The average molecular weight is 311 g/mol. The summed E-state index contributed by atoms with van der Waals surface area (Å²) < 4.78 is 0. The molecule has 0 atom stereocenters. The lowest BCUT2D eigenvalue weighted by Gasteiger charge is -2.38. The lowest BCUT2D eigenvalue weighted by molar-refractivity contribution is -0.116. The van der Waals surface area contributed by atoms with Crippen molar-refractivity contribution in [2.75, 3.05) is 34.8 Å². The molecule has 0 radical (unpaired) electrons. The van der Waals surface area contributed by atoms with Crippen molar-refractivity contribution in [1.82, 2.24) is 0 Å². The predicted molar refractivity (Wildman–Crippen MR) is 79.6 cm³/mol. The number of rotatable bonds is 3. The second-order valence-corrected chi connectivity index (χ2v) is 5.57. The number of fused-ring (bicyclic) bond motifs is 1. The van der Waals surface area contributed by atoms with Crippen LogP contribution in [0, 0.1) is 5.92 Å². The van der Waals surface area contributed by atoms with Gasteiger partial charge in [0.1, 0.15) is 0 Å². The van der Waals surface area contributed by atoms with Crippen molar-refractivity contribution in [2.24, 2.45) is 5.92 Å². The van der Waals surface area contributed by atoms with E-state index in [0.717, 1.165) is 25.3 Å². The van der Waals surface area contributed by atoms with Gasteiger partial charge in [-0.2, -0.15) is 0 Å². The van der Waals surface area contributed by atoms with Crippen molar-refractivity contribution >= 4 is 33.2 Å². The van der Waals surface area contributed by atoms with E-state index in [1.54, 1.807) is 0 Å². The van der Waals surface area contributed by atoms with Gasteiger partial charge in [0.25, 0.3) is 0 Å². The number of nitrogens with zero attached hydrogens (tertiary/aromatic N) is 2. The van der Waals surface area contributed by atoms with Gasteiger partial charge in [0.05, 0.1) is 16.7 Å². The zero-order chi connectivity index (χ0) is 13.1. The summed E-state index contributed by atoms with van der Waals surface area (Å²) in [5.41, 5.74) is 2.21. The van der Waals surface area contributed by atoms with Crippen LogP contribution in [-0.2, 0) is 4.79 Å². The normalized spacial score (nSPS) is 14.9. The fourth-order valence-electron chi connectivity index (χ4n) is 2.38. The second-order valence-electron chi connectivity index (χ2n) is 5.01. The highest BCUT2D eigenvalue weighted by Crippen LogP contribution is 2.33. The molecule has 98 valence electrons. The van der Waals surface area contributed by atoms with Crippen molar-refractivity contribution in [2.45, 2.75) is 13.8 Å². The topological polar surface area (TPSA) is 23.6 Å². The van der Waals surface area contributed by atoms with Gasteiger partial charge in [0, 0.05) is 19.6 Å². The molecule has 0 saturated carbocycles. The highest BCUT2D eigenvalue weighted by Gasteiger charge is 2.25. The van der Waals surface area contributed by atoms with Crippen molar-refractivity contribution in [3.8, 4) is 0 Å². The SMILES string of the molecule is CC(C)CN1CCN(C(=O)CBr)c2ccccc21. The van der Waals surface area contributed by atoms with E-state index in [4.69, 9.17) is 0 Å². The van der Waals surface area contributed by atoms with Gasteiger partial charge in [0.2, 0.25) is 5.91 Å². The van der Waals surface area contributed by atoms with Gasteiger partial charge in [-0.3, -0.25) is 4.79 Å². The molecule has 0 unspecified atom stereocenters. The van der Waals surface area contributed by atoms with Crippen LogP contribution < -0.4 is 9.80 Å². The first kappa shape index (κ1) is 13.4. The standard InChI is InChI=1S/C14H19BrN2O/c1-11(2)10-16-7-8-17(14(18)9-15)13-6-4-3-5-12(13)16/h3-6,11H,7-10H2,1-2H3. The summed E-state index contributed by atoms with van der Waals surface area (Å²) in [4.78, 5) is 16.2. The van der Waals surface area contributed by atoms with Gasteiger partial charge in [0.15, 0.2) is 0 Å². The number of halogens is 1. The lowest BCUT2D eigenvalue weighted by atomic mass is 10.1. The highest BCUT2D eigenvalue weighted by atomic mass is 79.9. The molecular formula is C14H19BrN2O. The molecule has 0 aliphatic carbocycles. The zero-order valence-corrected chi connectivity index (χ0v) is 12.5. The Labute approximate surface area is 117 Å². The molecule has 0 N–H and O–H groups in total. The van der Waals surface area contributed by atoms with Crippen LogP contribution in [-0.4, -0.2) is 30.9 Å². The minimum atomic E-state index is 0.131. The van der Waals surface area contributed by atoms with Crippen LogP contribution >= 0.6 is 15.9 Å². The summed E-state index contributed by atoms with van der Waals surface area (Å²) in [5.74, 6) is 0.753. The van der Waals surface area contributed by atoms with E-state index >= 15 is 0 Å². The van der Waals surface area contributed by atoms with E-state index in [1.807, 2.05) is 23.1 Å². The Morgan fingerprint density at radius 2 is 1.94 bits per heavy atom. The van der Waals surface area contributed by atoms with Gasteiger partial charge in [-0.1, -0.05) is 41.9 Å². The molecule has 1 heterocycles. The third kappa shape index (κ3) is 2.69. The van der Waals surface area contributed by atoms with E-state index in [9.17, 15) is 4.79 Å². The van der Waals surface area contributed by atoms with Crippen molar-refractivity contribution < 1.29 is 4.79 Å². The molecule has 1 aliphatic heterocycles. The molecule has 4 heteroatoms. The fraction of sp³-hybridized carbons (Fsp3) is 0.500. The molecule has 0 spiro atoms. The van der Waals surface area contributed by atoms with Crippen LogP contribution in [0.3, 0.4) is 0 Å². The van der Waals surface area contributed by atoms with E-state index in [-0.39, 0.29) is 5.91 Å².